The highest BCUT2D eigenvalue weighted by Crippen LogP contribution is 2.24. The summed E-state index contributed by atoms with van der Waals surface area (Å²) >= 11 is 0. The molecule has 0 unspecified atom stereocenters. The quantitative estimate of drug-likeness (QED) is 0.600. The fourth-order valence-corrected chi connectivity index (χ4v) is 3.38. The highest BCUT2D eigenvalue weighted by molar-refractivity contribution is 7.92. The van der Waals surface area contributed by atoms with Gasteiger partial charge in [0, 0.05) is 11.1 Å². The number of ether oxygens (including phenoxy) is 1. The van der Waals surface area contributed by atoms with Crippen LogP contribution in [0.5, 0.6) is 5.75 Å². The van der Waals surface area contributed by atoms with Crippen LogP contribution in [0, 0.1) is 5.82 Å². The monoisotopic (exact) mass is 444 g/mol. The molecule has 0 heterocycles. The lowest BCUT2D eigenvalue weighted by Crippen LogP contribution is -2.34. The van der Waals surface area contributed by atoms with Crippen LogP contribution in [0.15, 0.2) is 42.5 Å². The largest absolute Gasteiger partial charge is 0.497 e. The van der Waals surface area contributed by atoms with Crippen LogP contribution in [-0.4, -0.2) is 46.4 Å². The average molecular weight is 444 g/mol. The van der Waals surface area contributed by atoms with E-state index in [1.165, 1.54) is 31.4 Å². The normalized spacial score (nSPS) is 11.3. The SMILES string of the molecule is COc1ccc(N(Cc2ccc(C(=O)CNC(=O)C(F)F)cc2F)S(C)(=O)=O)cc1. The number of amides is 1. The third-order valence-corrected chi connectivity index (χ3v) is 5.21. The van der Waals surface area contributed by atoms with Gasteiger partial charge in [-0.15, -0.1) is 0 Å². The fraction of sp³-hybridized carbons (Fsp3) is 0.263. The van der Waals surface area contributed by atoms with Gasteiger partial charge in [0.05, 0.1) is 32.1 Å². The van der Waals surface area contributed by atoms with E-state index in [0.717, 1.165) is 16.6 Å². The molecule has 1 N–H and O–H groups in total. The van der Waals surface area contributed by atoms with E-state index >= 15 is 0 Å². The predicted molar refractivity (Wildman–Crippen MR) is 104 cm³/mol. The van der Waals surface area contributed by atoms with Crippen molar-refractivity contribution in [3.05, 3.63) is 59.4 Å². The van der Waals surface area contributed by atoms with Crippen molar-refractivity contribution < 1.29 is 35.9 Å². The molecule has 0 atom stereocenters. The molecule has 2 aromatic carbocycles. The number of nitrogens with one attached hydrogen (secondary N) is 1. The van der Waals surface area contributed by atoms with E-state index in [1.54, 1.807) is 17.4 Å². The molecule has 0 aromatic heterocycles. The first-order valence-electron chi connectivity index (χ1n) is 8.52. The highest BCUT2D eigenvalue weighted by atomic mass is 32.2. The van der Waals surface area contributed by atoms with E-state index in [2.05, 4.69) is 0 Å². The molecule has 0 aliphatic carbocycles. The minimum atomic E-state index is -3.76. The first-order valence-corrected chi connectivity index (χ1v) is 10.4. The summed E-state index contributed by atoms with van der Waals surface area (Å²) < 4.78 is 69.2. The first-order chi connectivity index (χ1) is 14.0. The lowest BCUT2D eigenvalue weighted by Gasteiger charge is -2.23. The van der Waals surface area contributed by atoms with E-state index in [9.17, 15) is 31.2 Å². The van der Waals surface area contributed by atoms with E-state index in [4.69, 9.17) is 4.74 Å². The van der Waals surface area contributed by atoms with Gasteiger partial charge >= 0.3 is 6.43 Å². The van der Waals surface area contributed by atoms with Crippen molar-refractivity contribution in [1.29, 1.82) is 0 Å². The number of hydrogen-bond donors (Lipinski definition) is 1. The van der Waals surface area contributed by atoms with Crippen molar-refractivity contribution in [1.82, 2.24) is 5.32 Å². The predicted octanol–water partition coefficient (Wildman–Crippen LogP) is 2.36. The van der Waals surface area contributed by atoms with Crippen molar-refractivity contribution >= 4 is 27.4 Å². The van der Waals surface area contributed by atoms with Gasteiger partial charge in [0.15, 0.2) is 5.78 Å². The maximum atomic E-state index is 14.5. The Hall–Kier alpha value is -3.08. The Bertz CT molecular complexity index is 1030. The summed E-state index contributed by atoms with van der Waals surface area (Å²) in [7, 11) is -2.31. The number of Topliss-reactive ketones (excluding diaryl/α,β-unsaturated/α-hetero) is 1. The van der Waals surface area contributed by atoms with Gasteiger partial charge in [-0.05, 0) is 30.3 Å². The van der Waals surface area contributed by atoms with Crippen LogP contribution in [0.1, 0.15) is 15.9 Å². The Kier molecular flexibility index (Phi) is 7.43. The number of anilines is 1. The van der Waals surface area contributed by atoms with Gasteiger partial charge < -0.3 is 10.1 Å². The Morgan fingerprint density at radius 2 is 1.77 bits per heavy atom. The van der Waals surface area contributed by atoms with Crippen molar-refractivity contribution in [2.45, 2.75) is 13.0 Å². The third kappa shape index (κ3) is 5.96. The summed E-state index contributed by atoms with van der Waals surface area (Å²) in [4.78, 5) is 22.8. The summed E-state index contributed by atoms with van der Waals surface area (Å²) in [5.41, 5.74) is 0.123. The number of methoxy groups -OCH3 is 1. The van der Waals surface area contributed by atoms with Crippen LogP contribution >= 0.6 is 0 Å². The number of sulfonamides is 1. The number of carbonyl (C=O) groups is 2. The second kappa shape index (κ2) is 9.61. The lowest BCUT2D eigenvalue weighted by molar-refractivity contribution is -0.131. The second-order valence-corrected chi connectivity index (χ2v) is 8.12. The number of nitrogens with zero attached hydrogens (tertiary/aromatic N) is 1. The third-order valence-electron chi connectivity index (χ3n) is 4.07. The van der Waals surface area contributed by atoms with Gasteiger partial charge in [-0.1, -0.05) is 12.1 Å². The zero-order chi connectivity index (χ0) is 22.5. The lowest BCUT2D eigenvalue weighted by atomic mass is 10.1. The molecule has 1 amide bonds. The zero-order valence-electron chi connectivity index (χ0n) is 16.1. The summed E-state index contributed by atoms with van der Waals surface area (Å²) in [6, 6.07) is 9.42. The smallest absolute Gasteiger partial charge is 0.315 e. The molecule has 0 aliphatic heterocycles. The van der Waals surface area contributed by atoms with E-state index in [0.29, 0.717) is 5.75 Å². The molecule has 0 radical (unpaired) electrons. The van der Waals surface area contributed by atoms with Crippen molar-refractivity contribution in [3.8, 4) is 5.75 Å². The summed E-state index contributed by atoms with van der Waals surface area (Å²) in [5.74, 6) is -2.73. The molecule has 0 saturated carbocycles. The number of benzene rings is 2. The van der Waals surface area contributed by atoms with Gasteiger partial charge in [-0.25, -0.2) is 12.8 Å². The minimum absolute atomic E-state index is 0.00981. The Labute approximate surface area is 171 Å². The topological polar surface area (TPSA) is 92.8 Å². The second-order valence-electron chi connectivity index (χ2n) is 6.22. The maximum absolute atomic E-state index is 14.5. The van der Waals surface area contributed by atoms with E-state index in [1.807, 2.05) is 0 Å². The molecule has 2 rings (SSSR count). The molecular formula is C19H19F3N2O5S. The molecule has 2 aromatic rings. The standard InChI is InChI=1S/C19H19F3N2O5S/c1-29-15-7-5-14(6-8-15)24(30(2,27)28)11-13-4-3-12(9-16(13)20)17(25)10-23-19(26)18(21)22/h3-9,18H,10-11H2,1-2H3,(H,23,26). The molecule has 11 heteroatoms. The van der Waals surface area contributed by atoms with Crippen LogP contribution in [0.25, 0.3) is 0 Å². The van der Waals surface area contributed by atoms with Gasteiger partial charge in [0.2, 0.25) is 10.0 Å². The number of alkyl halides is 2. The van der Waals surface area contributed by atoms with Crippen molar-refractivity contribution in [3.63, 3.8) is 0 Å². The molecule has 162 valence electrons. The Balaban J connectivity index is 2.21. The van der Waals surface area contributed by atoms with E-state index < -0.39 is 40.5 Å². The minimum Gasteiger partial charge on any atom is -0.497 e. The average Bonchev–Trinajstić information content (AvgIpc) is 2.69. The number of carbonyl (C=O) groups excluding carboxylic acids is 2. The van der Waals surface area contributed by atoms with Crippen molar-refractivity contribution in [2.75, 3.05) is 24.2 Å². The molecule has 0 aliphatic rings. The fourth-order valence-electron chi connectivity index (χ4n) is 2.50. The molecule has 0 fully saturated rings. The molecule has 30 heavy (non-hydrogen) atoms. The molecule has 0 saturated heterocycles. The van der Waals surface area contributed by atoms with Crippen LogP contribution in [-0.2, 0) is 21.4 Å². The van der Waals surface area contributed by atoms with Crippen LogP contribution in [0.2, 0.25) is 0 Å². The number of ketones is 1. The van der Waals surface area contributed by atoms with Gasteiger partial charge in [0.25, 0.3) is 5.91 Å². The molecule has 7 nitrogen and oxygen atoms in total. The van der Waals surface area contributed by atoms with E-state index in [-0.39, 0.29) is 23.4 Å². The van der Waals surface area contributed by atoms with Gasteiger partial charge in [0.1, 0.15) is 11.6 Å². The summed E-state index contributed by atoms with van der Waals surface area (Å²) in [5, 5.41) is 1.74. The molecule has 0 bridgehead atoms. The van der Waals surface area contributed by atoms with Crippen LogP contribution in [0.4, 0.5) is 18.9 Å². The number of halogens is 3. The first kappa shape index (κ1) is 23.2. The number of hydrogen-bond acceptors (Lipinski definition) is 5. The van der Waals surface area contributed by atoms with Crippen LogP contribution in [0.3, 0.4) is 0 Å². The van der Waals surface area contributed by atoms with Gasteiger partial charge in [-0.2, -0.15) is 8.78 Å². The van der Waals surface area contributed by atoms with Gasteiger partial charge in [-0.3, -0.25) is 13.9 Å². The van der Waals surface area contributed by atoms with Crippen molar-refractivity contribution in [2.24, 2.45) is 0 Å². The maximum Gasteiger partial charge on any atom is 0.315 e. The zero-order valence-corrected chi connectivity index (χ0v) is 16.9. The summed E-state index contributed by atoms with van der Waals surface area (Å²) in [6.45, 7) is -1.06. The number of rotatable bonds is 9. The summed E-state index contributed by atoms with van der Waals surface area (Å²) in [6.07, 6.45) is -2.30. The molecule has 0 spiro atoms. The highest BCUT2D eigenvalue weighted by Gasteiger charge is 2.21. The Morgan fingerprint density at radius 1 is 1.13 bits per heavy atom. The van der Waals surface area contributed by atoms with Crippen LogP contribution < -0.4 is 14.4 Å². The molecular weight excluding hydrogens is 425 g/mol. The Morgan fingerprint density at radius 3 is 2.27 bits per heavy atom.